The molecular weight excluding hydrogens is 249 g/mol. The molecule has 1 fully saturated rings. The van der Waals surface area contributed by atoms with Crippen molar-refractivity contribution in [3.8, 4) is 0 Å². The first-order valence-electron chi connectivity index (χ1n) is 4.86. The maximum absolute atomic E-state index is 11.0. The Morgan fingerprint density at radius 2 is 2.25 bits per heavy atom. The Morgan fingerprint density at radius 3 is 2.88 bits per heavy atom. The Bertz CT molecular complexity index is 396. The van der Waals surface area contributed by atoms with E-state index in [-0.39, 0.29) is 24.5 Å². The number of rotatable bonds is 1. The van der Waals surface area contributed by atoms with Crippen LogP contribution in [0, 0.1) is 6.92 Å². The van der Waals surface area contributed by atoms with Crippen LogP contribution in [0.4, 0.5) is 4.79 Å². The molecule has 16 heavy (non-hydrogen) atoms. The van der Waals surface area contributed by atoms with E-state index in [1.807, 2.05) is 25.1 Å². The maximum Gasteiger partial charge on any atom is 0.407 e. The molecule has 1 aliphatic heterocycles. The van der Waals surface area contributed by atoms with Crippen LogP contribution in [0.15, 0.2) is 18.2 Å². The molecule has 0 radical (unpaired) electrons. The topological polar surface area (TPSA) is 38.3 Å². The summed E-state index contributed by atoms with van der Waals surface area (Å²) in [6, 6.07) is 5.83. The highest BCUT2D eigenvalue weighted by Gasteiger charge is 2.20. The second-order valence-corrected chi connectivity index (χ2v) is 4.04. The van der Waals surface area contributed by atoms with E-state index in [2.05, 4.69) is 5.32 Å². The molecule has 88 valence electrons. The van der Waals surface area contributed by atoms with Gasteiger partial charge in [-0.1, -0.05) is 23.7 Å². The Kier molecular flexibility index (Phi) is 4.44. The van der Waals surface area contributed by atoms with Gasteiger partial charge in [-0.3, -0.25) is 0 Å². The van der Waals surface area contributed by atoms with Gasteiger partial charge in [-0.15, -0.1) is 12.4 Å². The lowest BCUT2D eigenvalue weighted by atomic mass is 10.0. The zero-order valence-corrected chi connectivity index (χ0v) is 10.4. The van der Waals surface area contributed by atoms with Crippen LogP contribution in [0.1, 0.15) is 23.6 Å². The summed E-state index contributed by atoms with van der Waals surface area (Å²) in [5.74, 6) is 0. The number of ether oxygens (including phenoxy) is 1. The minimum Gasteiger partial charge on any atom is -0.449 e. The molecule has 2 rings (SSSR count). The van der Waals surface area contributed by atoms with Gasteiger partial charge < -0.3 is 10.1 Å². The number of amides is 1. The van der Waals surface area contributed by atoms with Crippen molar-refractivity contribution in [2.45, 2.75) is 19.4 Å². The number of cyclic esters (lactones) is 1. The number of carbonyl (C=O) groups excluding carboxylic acids is 1. The van der Waals surface area contributed by atoms with Crippen LogP contribution in [0.2, 0.25) is 5.02 Å². The molecular formula is C11H13Cl2NO2. The van der Waals surface area contributed by atoms with E-state index in [1.165, 1.54) is 0 Å². The Labute approximate surface area is 106 Å². The Morgan fingerprint density at radius 1 is 1.50 bits per heavy atom. The quantitative estimate of drug-likeness (QED) is 0.843. The van der Waals surface area contributed by atoms with Crippen LogP contribution in [0.25, 0.3) is 0 Å². The first-order valence-corrected chi connectivity index (χ1v) is 5.24. The molecule has 0 spiro atoms. The van der Waals surface area contributed by atoms with Gasteiger partial charge >= 0.3 is 6.09 Å². The van der Waals surface area contributed by atoms with Crippen molar-refractivity contribution >= 4 is 30.1 Å². The van der Waals surface area contributed by atoms with Crippen molar-refractivity contribution in [1.82, 2.24) is 5.32 Å². The van der Waals surface area contributed by atoms with Gasteiger partial charge in [0.15, 0.2) is 0 Å². The van der Waals surface area contributed by atoms with E-state index >= 15 is 0 Å². The highest BCUT2D eigenvalue weighted by molar-refractivity contribution is 6.31. The van der Waals surface area contributed by atoms with Gasteiger partial charge in [0.2, 0.25) is 0 Å². The minimum atomic E-state index is -0.348. The summed E-state index contributed by atoms with van der Waals surface area (Å²) in [6.45, 7) is 2.42. The fourth-order valence-electron chi connectivity index (χ4n) is 1.66. The van der Waals surface area contributed by atoms with E-state index in [9.17, 15) is 4.79 Å². The van der Waals surface area contributed by atoms with Crippen LogP contribution in [0.5, 0.6) is 0 Å². The van der Waals surface area contributed by atoms with E-state index in [4.69, 9.17) is 16.3 Å². The average Bonchev–Trinajstić information content (AvgIpc) is 2.22. The van der Waals surface area contributed by atoms with Crippen LogP contribution in [-0.2, 0) is 4.74 Å². The summed E-state index contributed by atoms with van der Waals surface area (Å²) in [6.07, 6.45) is 0.450. The number of nitrogens with one attached hydrogen (secondary N) is 1. The predicted octanol–water partition coefficient (Wildman–Crippen LogP) is 3.24. The first-order chi connectivity index (χ1) is 7.16. The van der Waals surface area contributed by atoms with Crippen LogP contribution >= 0.6 is 24.0 Å². The lowest BCUT2D eigenvalue weighted by molar-refractivity contribution is 0.115. The first kappa shape index (κ1) is 13.1. The summed E-state index contributed by atoms with van der Waals surface area (Å²) in [4.78, 5) is 11.0. The standard InChI is InChI=1S/C11H12ClNO2.ClH/c1-7-6-8(2-3-9(7)12)10-4-5-15-11(14)13-10;/h2-3,6,10H,4-5H2,1H3,(H,13,14);1H/t10-;/m1./s1. The van der Waals surface area contributed by atoms with E-state index < -0.39 is 0 Å². The zero-order valence-electron chi connectivity index (χ0n) is 8.83. The van der Waals surface area contributed by atoms with Gasteiger partial charge in [-0.05, 0) is 24.1 Å². The smallest absolute Gasteiger partial charge is 0.407 e. The van der Waals surface area contributed by atoms with Crippen molar-refractivity contribution in [3.63, 3.8) is 0 Å². The molecule has 1 amide bonds. The third kappa shape index (κ3) is 2.80. The van der Waals surface area contributed by atoms with Gasteiger partial charge in [0.1, 0.15) is 0 Å². The van der Waals surface area contributed by atoms with Crippen molar-refractivity contribution in [2.24, 2.45) is 0 Å². The second-order valence-electron chi connectivity index (χ2n) is 3.63. The molecule has 1 aliphatic rings. The molecule has 1 saturated heterocycles. The number of halogens is 2. The fraction of sp³-hybridized carbons (Fsp3) is 0.364. The SMILES string of the molecule is Cc1cc([C@H]2CCOC(=O)N2)ccc1Cl.Cl. The zero-order chi connectivity index (χ0) is 10.8. The average molecular weight is 262 g/mol. The number of benzene rings is 1. The van der Waals surface area contributed by atoms with Gasteiger partial charge in [0.25, 0.3) is 0 Å². The van der Waals surface area contributed by atoms with Gasteiger partial charge in [0.05, 0.1) is 12.6 Å². The monoisotopic (exact) mass is 261 g/mol. The van der Waals surface area contributed by atoms with E-state index in [1.54, 1.807) is 0 Å². The molecule has 1 aromatic rings. The molecule has 1 heterocycles. The molecule has 0 saturated carbocycles. The number of alkyl carbamates (subject to hydrolysis) is 1. The van der Waals surface area contributed by atoms with Crippen molar-refractivity contribution < 1.29 is 9.53 Å². The highest BCUT2D eigenvalue weighted by atomic mass is 35.5. The number of aryl methyl sites for hydroxylation is 1. The van der Waals surface area contributed by atoms with Crippen LogP contribution in [-0.4, -0.2) is 12.7 Å². The van der Waals surface area contributed by atoms with Crippen LogP contribution < -0.4 is 5.32 Å². The summed E-state index contributed by atoms with van der Waals surface area (Å²) >= 11 is 5.94. The van der Waals surface area contributed by atoms with Gasteiger partial charge in [0, 0.05) is 11.4 Å². The number of carbonyl (C=O) groups is 1. The molecule has 1 atom stereocenters. The molecule has 1 N–H and O–H groups in total. The Hall–Kier alpha value is -0.930. The molecule has 0 unspecified atom stereocenters. The van der Waals surface area contributed by atoms with Crippen molar-refractivity contribution in [3.05, 3.63) is 34.3 Å². The third-order valence-electron chi connectivity index (χ3n) is 2.52. The second kappa shape index (κ2) is 5.41. The van der Waals surface area contributed by atoms with Crippen molar-refractivity contribution in [1.29, 1.82) is 0 Å². The highest BCUT2D eigenvalue weighted by Crippen LogP contribution is 2.24. The fourth-order valence-corrected chi connectivity index (χ4v) is 1.78. The van der Waals surface area contributed by atoms with E-state index in [0.717, 1.165) is 22.6 Å². The molecule has 0 bridgehead atoms. The number of hydrogen-bond acceptors (Lipinski definition) is 2. The van der Waals surface area contributed by atoms with Gasteiger partial charge in [-0.25, -0.2) is 4.79 Å². The number of hydrogen-bond donors (Lipinski definition) is 1. The largest absolute Gasteiger partial charge is 0.449 e. The molecule has 1 aromatic carbocycles. The summed E-state index contributed by atoms with van der Waals surface area (Å²) in [5, 5.41) is 3.52. The molecule has 0 aliphatic carbocycles. The summed E-state index contributed by atoms with van der Waals surface area (Å²) in [7, 11) is 0. The Balaban J connectivity index is 0.00000128. The molecule has 5 heteroatoms. The summed E-state index contributed by atoms with van der Waals surface area (Å²) in [5.41, 5.74) is 2.10. The predicted molar refractivity (Wildman–Crippen MR) is 65.3 cm³/mol. The maximum atomic E-state index is 11.0. The van der Waals surface area contributed by atoms with Crippen LogP contribution in [0.3, 0.4) is 0 Å². The molecule has 0 aromatic heterocycles. The van der Waals surface area contributed by atoms with E-state index in [0.29, 0.717) is 6.61 Å². The lowest BCUT2D eigenvalue weighted by Crippen LogP contribution is -2.35. The molecule has 3 nitrogen and oxygen atoms in total. The normalized spacial score (nSPS) is 19.4. The minimum absolute atomic E-state index is 0. The van der Waals surface area contributed by atoms with Crippen molar-refractivity contribution in [2.75, 3.05) is 6.61 Å². The summed E-state index contributed by atoms with van der Waals surface area (Å²) < 4.78 is 4.81. The lowest BCUT2D eigenvalue weighted by Gasteiger charge is -2.24. The third-order valence-corrected chi connectivity index (χ3v) is 2.94. The van der Waals surface area contributed by atoms with Gasteiger partial charge in [-0.2, -0.15) is 0 Å².